The van der Waals surface area contributed by atoms with Crippen LogP contribution in [0.3, 0.4) is 0 Å². The van der Waals surface area contributed by atoms with E-state index in [-0.39, 0.29) is 18.7 Å². The van der Waals surface area contributed by atoms with Crippen LogP contribution in [0.25, 0.3) is 27.1 Å². The number of anilines is 12. The molecule has 11 aromatic carbocycles. The average Bonchev–Trinajstić information content (AvgIpc) is 1.45. The van der Waals surface area contributed by atoms with Gasteiger partial charge in [0.15, 0.2) is 7.28 Å². The number of nitrogens with one attached hydrogen (secondary N) is 1. The number of fused-ring (bicyclic) bond motifs is 9. The molecule has 5 nitrogen and oxygen atoms in total. The third-order valence-electron chi connectivity index (χ3n) is 17.5. The van der Waals surface area contributed by atoms with E-state index in [4.69, 9.17) is 0 Å². The normalized spacial score (nSPS) is 16.1. The first-order valence-corrected chi connectivity index (χ1v) is 28.9. The van der Waals surface area contributed by atoms with Gasteiger partial charge in [-0.2, -0.15) is 0 Å². The summed E-state index contributed by atoms with van der Waals surface area (Å²) in [4.78, 5) is 10.3. The SMILES string of the molecule is CC1C=CC=CC1N(c1ccc2c(c1)N1c3ccccc3[B]c3c(C4=C(Nc5ccccc5)CCC=C4)cc4c(c31)B2c1ccc(N(c2ccccc2)c2cccc3ccccc23)cc1N4c1ccccc1)c1cccc2ccccc12. The largest absolute Gasteiger partial charge is 0.358 e. The lowest BCUT2D eigenvalue weighted by atomic mass is 9.32. The van der Waals surface area contributed by atoms with E-state index in [0.29, 0.717) is 0 Å². The van der Waals surface area contributed by atoms with Crippen LogP contribution in [0.1, 0.15) is 25.3 Å². The van der Waals surface area contributed by atoms with Crippen molar-refractivity contribution in [1.29, 1.82) is 0 Å². The molecule has 387 valence electrons. The van der Waals surface area contributed by atoms with Gasteiger partial charge in [0.2, 0.25) is 0 Å². The Kier molecular flexibility index (Phi) is 11.5. The third-order valence-corrected chi connectivity index (χ3v) is 17.5. The van der Waals surface area contributed by atoms with E-state index in [1.54, 1.807) is 0 Å². The van der Waals surface area contributed by atoms with Crippen LogP contribution in [-0.2, 0) is 0 Å². The van der Waals surface area contributed by atoms with Gasteiger partial charge in [-0.15, -0.1) is 0 Å². The summed E-state index contributed by atoms with van der Waals surface area (Å²) in [5.74, 6) is 0.256. The highest BCUT2D eigenvalue weighted by Crippen LogP contribution is 2.50. The van der Waals surface area contributed by atoms with Gasteiger partial charge in [0.1, 0.15) is 0 Å². The van der Waals surface area contributed by atoms with E-state index in [0.717, 1.165) is 52.7 Å². The Morgan fingerprint density at radius 2 is 1.15 bits per heavy atom. The van der Waals surface area contributed by atoms with Crippen LogP contribution in [0.2, 0.25) is 0 Å². The minimum absolute atomic E-state index is 0.0728. The third kappa shape index (κ3) is 7.79. The summed E-state index contributed by atoms with van der Waals surface area (Å²) in [5, 5.41) is 8.82. The van der Waals surface area contributed by atoms with E-state index in [1.165, 1.54) is 94.1 Å². The quantitative estimate of drug-likeness (QED) is 0.138. The first-order chi connectivity index (χ1) is 40.6. The fraction of sp³-hybridized carbons (Fsp3) is 0.0667. The van der Waals surface area contributed by atoms with Crippen molar-refractivity contribution in [2.24, 2.45) is 5.92 Å². The second-order valence-electron chi connectivity index (χ2n) is 22.2. The average molecular weight is 1050 g/mol. The molecule has 16 rings (SSSR count). The van der Waals surface area contributed by atoms with Crippen molar-refractivity contribution in [3.63, 3.8) is 0 Å². The predicted octanol–water partition coefficient (Wildman–Crippen LogP) is 16.0. The summed E-state index contributed by atoms with van der Waals surface area (Å²) in [6.45, 7) is 2.23. The Labute approximate surface area is 481 Å². The van der Waals surface area contributed by atoms with E-state index in [1.807, 2.05) is 0 Å². The highest BCUT2D eigenvalue weighted by atomic mass is 15.2. The monoisotopic (exact) mass is 1050 g/mol. The summed E-state index contributed by atoms with van der Waals surface area (Å²) >= 11 is 0. The van der Waals surface area contributed by atoms with Gasteiger partial charge in [0.25, 0.3) is 6.71 Å². The van der Waals surface area contributed by atoms with Crippen LogP contribution < -0.4 is 52.2 Å². The van der Waals surface area contributed by atoms with Crippen LogP contribution in [0.15, 0.2) is 285 Å². The van der Waals surface area contributed by atoms with E-state index in [2.05, 4.69) is 318 Å². The summed E-state index contributed by atoms with van der Waals surface area (Å²) < 4.78 is 0. The van der Waals surface area contributed by atoms with Crippen molar-refractivity contribution in [2.45, 2.75) is 25.8 Å². The van der Waals surface area contributed by atoms with Crippen molar-refractivity contribution in [3.05, 3.63) is 290 Å². The number of benzene rings is 11. The molecule has 7 heteroatoms. The molecule has 0 aromatic heterocycles. The van der Waals surface area contributed by atoms with Crippen molar-refractivity contribution in [3.8, 4) is 0 Å². The molecular weight excluding hydrogens is 992 g/mol. The molecule has 5 aliphatic rings. The van der Waals surface area contributed by atoms with Gasteiger partial charge < -0.3 is 24.9 Å². The minimum Gasteiger partial charge on any atom is -0.358 e. The molecule has 0 bridgehead atoms. The van der Waals surface area contributed by atoms with Gasteiger partial charge in [-0.3, -0.25) is 0 Å². The van der Waals surface area contributed by atoms with Crippen molar-refractivity contribution < 1.29 is 0 Å². The maximum absolute atomic E-state index is 3.96. The molecule has 3 heterocycles. The number of nitrogens with zero attached hydrogens (tertiary/aromatic N) is 4. The lowest BCUT2D eigenvalue weighted by Crippen LogP contribution is -2.64. The zero-order chi connectivity index (χ0) is 54.3. The number of allylic oxidation sites excluding steroid dienone is 6. The van der Waals surface area contributed by atoms with Crippen molar-refractivity contribution in [1.82, 2.24) is 0 Å². The molecule has 1 N–H and O–H groups in total. The summed E-state index contributed by atoms with van der Waals surface area (Å²) in [5.41, 5.74) is 23.7. The Morgan fingerprint density at radius 3 is 1.91 bits per heavy atom. The molecule has 0 amide bonds. The van der Waals surface area contributed by atoms with Gasteiger partial charge in [-0.1, -0.05) is 212 Å². The zero-order valence-corrected chi connectivity index (χ0v) is 45.6. The molecule has 0 spiro atoms. The van der Waals surface area contributed by atoms with Crippen LogP contribution in [-0.4, -0.2) is 20.0 Å². The van der Waals surface area contributed by atoms with Gasteiger partial charge in [-0.05, 0) is 136 Å². The number of hydrogen-bond donors (Lipinski definition) is 1. The van der Waals surface area contributed by atoms with Gasteiger partial charge >= 0.3 is 0 Å². The number of hydrogen-bond acceptors (Lipinski definition) is 5. The topological polar surface area (TPSA) is 25.0 Å². The molecule has 2 aliphatic carbocycles. The Bertz CT molecular complexity index is 4460. The van der Waals surface area contributed by atoms with Gasteiger partial charge in [0, 0.05) is 84.6 Å². The lowest BCUT2D eigenvalue weighted by Gasteiger charge is -2.48. The van der Waals surface area contributed by atoms with E-state index in [9.17, 15) is 0 Å². The van der Waals surface area contributed by atoms with Gasteiger partial charge in [0.05, 0.1) is 11.7 Å². The predicted molar refractivity (Wildman–Crippen MR) is 350 cm³/mol. The minimum atomic E-state index is -0.122. The van der Waals surface area contributed by atoms with Crippen molar-refractivity contribution >= 4 is 137 Å². The molecule has 82 heavy (non-hydrogen) atoms. The van der Waals surface area contributed by atoms with E-state index >= 15 is 0 Å². The highest BCUT2D eigenvalue weighted by Gasteiger charge is 2.47. The fourth-order valence-corrected chi connectivity index (χ4v) is 13.9. The van der Waals surface area contributed by atoms with Crippen molar-refractivity contribution in [2.75, 3.05) is 24.9 Å². The van der Waals surface area contributed by atoms with Gasteiger partial charge in [-0.25, -0.2) is 0 Å². The maximum Gasteiger partial charge on any atom is 0.252 e. The van der Waals surface area contributed by atoms with E-state index < -0.39 is 0 Å². The fourth-order valence-electron chi connectivity index (χ4n) is 13.9. The zero-order valence-electron chi connectivity index (χ0n) is 45.6. The van der Waals surface area contributed by atoms with Crippen LogP contribution in [0.5, 0.6) is 0 Å². The second-order valence-corrected chi connectivity index (χ2v) is 22.2. The van der Waals surface area contributed by atoms with Crippen LogP contribution in [0, 0.1) is 5.92 Å². The molecule has 0 saturated heterocycles. The Hall–Kier alpha value is -9.97. The van der Waals surface area contributed by atoms with Crippen LogP contribution in [0.4, 0.5) is 68.2 Å². The van der Waals surface area contributed by atoms with Crippen LogP contribution >= 0.6 is 0 Å². The maximum atomic E-state index is 3.96. The summed E-state index contributed by atoms with van der Waals surface area (Å²) in [6, 6.07) is 90.0. The summed E-state index contributed by atoms with van der Waals surface area (Å²) in [7, 11) is 2.48. The molecular formula is C75H56B2N5. The Balaban J connectivity index is 1.000. The molecule has 3 aliphatic heterocycles. The smallest absolute Gasteiger partial charge is 0.252 e. The molecule has 11 aromatic rings. The number of para-hydroxylation sites is 4. The molecule has 2 unspecified atom stereocenters. The first kappa shape index (κ1) is 48.0. The lowest BCUT2D eigenvalue weighted by molar-refractivity contribution is 0.610. The highest BCUT2D eigenvalue weighted by molar-refractivity contribution is 7.01. The molecule has 2 atom stereocenters. The number of rotatable bonds is 10. The molecule has 1 radical (unpaired) electrons. The first-order valence-electron chi connectivity index (χ1n) is 28.9. The molecule has 0 fully saturated rings. The standard InChI is InChI=1S/C75H56B2N5/c1-50-23-11-19-39-66(50)81(68-42-22-27-52-25-13-15-35-59(52)68)57-44-46-64-71(48-57)82-69-40-20-17-37-62(69)76-73-61(60-36-16-18-38-65(60)78-53-28-5-2-6-29-53)49-72-74(75(73)82)77(64)63-45-43-56(47-70(63)80(72)55-32-9-4-10-33-55)79(54-30-7-3-8-31-54)67-41-21-26-51-24-12-14-34-58(51)67/h2-17,19-37,39-50,66,78H,18,38H2,1H3. The molecule has 0 saturated carbocycles. The summed E-state index contributed by atoms with van der Waals surface area (Å²) in [6.07, 6.45) is 15.8. The Morgan fingerprint density at radius 1 is 0.524 bits per heavy atom. The second kappa shape index (κ2) is 19.7.